The number of carbonyl (C=O) groups excluding carboxylic acids is 1. The molecule has 0 bridgehead atoms. The van der Waals surface area contributed by atoms with Crippen molar-refractivity contribution >= 4 is 51.7 Å². The van der Waals surface area contributed by atoms with Gasteiger partial charge in [0.2, 0.25) is 5.12 Å². The van der Waals surface area contributed by atoms with Crippen LogP contribution in [0, 0.1) is 0 Å². The van der Waals surface area contributed by atoms with Gasteiger partial charge in [-0.3, -0.25) is 4.79 Å². The highest BCUT2D eigenvalue weighted by atomic mass is 32.2. The number of carbonyl (C=O) groups is 1. The summed E-state index contributed by atoms with van der Waals surface area (Å²) in [4.78, 5) is 11.5. The molecule has 0 saturated carbocycles. The van der Waals surface area contributed by atoms with E-state index < -0.39 is 0 Å². The zero-order valence-electron chi connectivity index (χ0n) is 12.0. The molecule has 0 spiro atoms. The molecule has 1 aromatic heterocycles. The SMILES string of the molecule is C=C(C)C(=O)SC(C)CSc1nnc(SCCCC)s1. The van der Waals surface area contributed by atoms with Gasteiger partial charge in [-0.2, -0.15) is 0 Å². The van der Waals surface area contributed by atoms with E-state index >= 15 is 0 Å². The fourth-order valence-corrected chi connectivity index (χ4v) is 5.22. The summed E-state index contributed by atoms with van der Waals surface area (Å²) in [6, 6.07) is 0. The maximum atomic E-state index is 11.5. The van der Waals surface area contributed by atoms with Gasteiger partial charge in [0, 0.05) is 16.8 Å². The van der Waals surface area contributed by atoms with Crippen molar-refractivity contribution in [1.29, 1.82) is 0 Å². The van der Waals surface area contributed by atoms with E-state index in [1.807, 2.05) is 0 Å². The second-order valence-corrected chi connectivity index (χ2v) is 9.34. The van der Waals surface area contributed by atoms with Gasteiger partial charge in [-0.25, -0.2) is 0 Å². The summed E-state index contributed by atoms with van der Waals surface area (Å²) in [7, 11) is 0. The van der Waals surface area contributed by atoms with E-state index in [0.717, 1.165) is 20.2 Å². The molecular formula is C13H20N2OS4. The standard InChI is InChI=1S/C13H20N2OS4/c1-5-6-7-17-12-14-15-13(20-12)18-8-10(4)19-11(16)9(2)3/h10H,2,5-8H2,1,3-4H3. The smallest absolute Gasteiger partial charge is 0.214 e. The molecule has 3 nitrogen and oxygen atoms in total. The zero-order valence-corrected chi connectivity index (χ0v) is 15.3. The second-order valence-electron chi connectivity index (χ2n) is 4.34. The minimum Gasteiger partial charge on any atom is -0.282 e. The van der Waals surface area contributed by atoms with Crippen LogP contribution in [-0.4, -0.2) is 32.1 Å². The Hall–Kier alpha value is 0.0200. The molecule has 0 radical (unpaired) electrons. The van der Waals surface area contributed by atoms with Crippen molar-refractivity contribution in [2.45, 2.75) is 47.5 Å². The van der Waals surface area contributed by atoms with Gasteiger partial charge in [0.15, 0.2) is 8.68 Å². The van der Waals surface area contributed by atoms with Crippen molar-refractivity contribution in [3.63, 3.8) is 0 Å². The minimum absolute atomic E-state index is 0.0752. The molecule has 112 valence electrons. The molecule has 1 heterocycles. The molecule has 0 amide bonds. The van der Waals surface area contributed by atoms with Gasteiger partial charge in [0.05, 0.1) is 0 Å². The number of rotatable bonds is 9. The second kappa shape index (κ2) is 9.87. The molecule has 0 fully saturated rings. The Morgan fingerprint density at radius 2 is 2.00 bits per heavy atom. The summed E-state index contributed by atoms with van der Waals surface area (Å²) >= 11 is 6.43. The van der Waals surface area contributed by atoms with Crippen LogP contribution in [0.25, 0.3) is 0 Å². The van der Waals surface area contributed by atoms with E-state index in [2.05, 4.69) is 30.6 Å². The van der Waals surface area contributed by atoms with Crippen LogP contribution in [0.15, 0.2) is 20.8 Å². The van der Waals surface area contributed by atoms with Crippen molar-refractivity contribution in [3.8, 4) is 0 Å². The third kappa shape index (κ3) is 7.15. The average Bonchev–Trinajstić information content (AvgIpc) is 2.84. The van der Waals surface area contributed by atoms with Crippen LogP contribution in [0.4, 0.5) is 0 Å². The summed E-state index contributed by atoms with van der Waals surface area (Å²) < 4.78 is 2.03. The summed E-state index contributed by atoms with van der Waals surface area (Å²) in [5, 5.41) is 8.69. The summed E-state index contributed by atoms with van der Waals surface area (Å²) in [6.07, 6.45) is 2.42. The van der Waals surface area contributed by atoms with Crippen LogP contribution in [0.1, 0.15) is 33.6 Å². The number of nitrogens with zero attached hydrogens (tertiary/aromatic N) is 2. The number of hydrogen-bond donors (Lipinski definition) is 0. The van der Waals surface area contributed by atoms with E-state index in [4.69, 9.17) is 0 Å². The van der Waals surface area contributed by atoms with Crippen molar-refractivity contribution in [2.75, 3.05) is 11.5 Å². The Bertz CT molecular complexity index is 447. The number of thioether (sulfide) groups is 3. The van der Waals surface area contributed by atoms with E-state index in [9.17, 15) is 4.79 Å². The van der Waals surface area contributed by atoms with Crippen LogP contribution < -0.4 is 0 Å². The van der Waals surface area contributed by atoms with Gasteiger partial charge >= 0.3 is 0 Å². The molecule has 0 N–H and O–H groups in total. The van der Waals surface area contributed by atoms with Gasteiger partial charge in [-0.05, 0) is 18.9 Å². The van der Waals surface area contributed by atoms with Crippen molar-refractivity contribution in [3.05, 3.63) is 12.2 Å². The molecular weight excluding hydrogens is 328 g/mol. The first-order valence-electron chi connectivity index (χ1n) is 6.48. The van der Waals surface area contributed by atoms with Gasteiger partial charge in [-0.15, -0.1) is 10.2 Å². The molecule has 1 rings (SSSR count). The number of hydrogen-bond acceptors (Lipinski definition) is 7. The molecule has 0 aliphatic carbocycles. The highest BCUT2D eigenvalue weighted by Gasteiger charge is 2.12. The van der Waals surface area contributed by atoms with Crippen LogP contribution in [-0.2, 0) is 4.79 Å². The Labute approximate surface area is 137 Å². The van der Waals surface area contributed by atoms with E-state index in [0.29, 0.717) is 5.57 Å². The average molecular weight is 349 g/mol. The molecule has 0 aromatic carbocycles. The van der Waals surface area contributed by atoms with Crippen molar-refractivity contribution in [1.82, 2.24) is 10.2 Å². The molecule has 1 atom stereocenters. The number of unbranched alkanes of at least 4 members (excludes halogenated alkanes) is 1. The highest BCUT2D eigenvalue weighted by molar-refractivity contribution is 8.15. The third-order valence-corrected chi connectivity index (χ3v) is 7.09. The van der Waals surface area contributed by atoms with E-state index in [1.165, 1.54) is 24.6 Å². The first-order valence-corrected chi connectivity index (χ1v) is 10.1. The van der Waals surface area contributed by atoms with Gasteiger partial charge < -0.3 is 0 Å². The molecule has 7 heteroatoms. The maximum Gasteiger partial charge on any atom is 0.214 e. The lowest BCUT2D eigenvalue weighted by atomic mass is 10.4. The Morgan fingerprint density at radius 3 is 2.60 bits per heavy atom. The predicted molar refractivity (Wildman–Crippen MR) is 93.1 cm³/mol. The van der Waals surface area contributed by atoms with Gasteiger partial charge in [0.25, 0.3) is 0 Å². The molecule has 0 aliphatic rings. The fraction of sp³-hybridized carbons (Fsp3) is 0.615. The summed E-state index contributed by atoms with van der Waals surface area (Å²) in [5.74, 6) is 1.97. The molecule has 0 aliphatic heterocycles. The van der Waals surface area contributed by atoms with Crippen LogP contribution >= 0.6 is 46.6 Å². The van der Waals surface area contributed by atoms with Crippen LogP contribution in [0.5, 0.6) is 0 Å². The molecule has 1 unspecified atom stereocenters. The van der Waals surface area contributed by atoms with Crippen molar-refractivity contribution < 1.29 is 4.79 Å². The quantitative estimate of drug-likeness (QED) is 0.364. The highest BCUT2D eigenvalue weighted by Crippen LogP contribution is 2.31. The lowest BCUT2D eigenvalue weighted by molar-refractivity contribution is -0.107. The normalized spacial score (nSPS) is 12.3. The fourth-order valence-electron chi connectivity index (χ4n) is 1.12. The first kappa shape index (κ1) is 18.1. The Balaban J connectivity index is 2.31. The third-order valence-electron chi connectivity index (χ3n) is 2.21. The van der Waals surface area contributed by atoms with Crippen LogP contribution in [0.3, 0.4) is 0 Å². The van der Waals surface area contributed by atoms with Crippen LogP contribution in [0.2, 0.25) is 0 Å². The summed E-state index contributed by atoms with van der Waals surface area (Å²) in [6.45, 7) is 9.65. The Morgan fingerprint density at radius 1 is 1.35 bits per heavy atom. The van der Waals surface area contributed by atoms with Gasteiger partial charge in [0.1, 0.15) is 0 Å². The minimum atomic E-state index is 0.0752. The molecule has 20 heavy (non-hydrogen) atoms. The zero-order chi connectivity index (χ0) is 15.0. The first-order chi connectivity index (χ1) is 9.52. The monoisotopic (exact) mass is 348 g/mol. The predicted octanol–water partition coefficient (Wildman–Crippen LogP) is 4.75. The van der Waals surface area contributed by atoms with Gasteiger partial charge in [-0.1, -0.05) is 73.5 Å². The largest absolute Gasteiger partial charge is 0.282 e. The lowest BCUT2D eigenvalue weighted by Crippen LogP contribution is -2.05. The van der Waals surface area contributed by atoms with Crippen molar-refractivity contribution in [2.24, 2.45) is 0 Å². The number of aromatic nitrogens is 2. The van der Waals surface area contributed by atoms with E-state index in [1.54, 1.807) is 41.8 Å². The topological polar surface area (TPSA) is 42.9 Å². The molecule has 0 saturated heterocycles. The van der Waals surface area contributed by atoms with E-state index in [-0.39, 0.29) is 10.4 Å². The lowest BCUT2D eigenvalue weighted by Gasteiger charge is -2.07. The molecule has 1 aromatic rings. The summed E-state index contributed by atoms with van der Waals surface area (Å²) in [5.41, 5.74) is 0.609. The maximum absolute atomic E-state index is 11.5. The Kier molecular flexibility index (Phi) is 8.91.